The maximum absolute atomic E-state index is 12.9. The maximum Gasteiger partial charge on any atom is 0.310 e. The monoisotopic (exact) mass is 492 g/mol. The van der Waals surface area contributed by atoms with E-state index in [4.69, 9.17) is 9.47 Å². The second-order valence-electron chi connectivity index (χ2n) is 8.28. The number of carbonyl (C=O) groups is 3. The Morgan fingerprint density at radius 2 is 1.67 bits per heavy atom. The minimum Gasteiger partial charge on any atom is -0.475 e. The number of ether oxygens (including phenoxy) is 3. The fraction of sp³-hybridized carbons (Fsp3) is 0.269. The summed E-state index contributed by atoms with van der Waals surface area (Å²) in [7, 11) is 4.67. The molecule has 1 aromatic carbocycles. The van der Waals surface area contributed by atoms with Crippen LogP contribution in [0.5, 0.6) is 17.5 Å². The molecule has 0 spiro atoms. The predicted molar refractivity (Wildman–Crippen MR) is 132 cm³/mol. The molecule has 2 heterocycles. The van der Waals surface area contributed by atoms with Crippen LogP contribution >= 0.6 is 0 Å². The van der Waals surface area contributed by atoms with Crippen LogP contribution in [0.15, 0.2) is 54.7 Å². The molecule has 0 atom stereocenters. The van der Waals surface area contributed by atoms with E-state index in [9.17, 15) is 14.4 Å². The summed E-state index contributed by atoms with van der Waals surface area (Å²) in [6, 6.07) is 12.8. The van der Waals surface area contributed by atoms with E-state index in [1.54, 1.807) is 50.5 Å². The number of hydrogen-bond donors (Lipinski definition) is 1. The number of nitrogens with zero attached hydrogens (tertiary/aromatic N) is 3. The number of esters is 1. The summed E-state index contributed by atoms with van der Waals surface area (Å²) in [5, 5.41) is 2.71. The molecular formula is C26H28N4O6. The lowest BCUT2D eigenvalue weighted by atomic mass is 10.2. The number of aromatic nitrogens is 2. The van der Waals surface area contributed by atoms with Gasteiger partial charge in [0, 0.05) is 38.0 Å². The van der Waals surface area contributed by atoms with Crippen molar-refractivity contribution in [2.45, 2.75) is 26.4 Å². The highest BCUT2D eigenvalue weighted by Gasteiger charge is 2.15. The Hall–Kier alpha value is -4.47. The van der Waals surface area contributed by atoms with Gasteiger partial charge in [0.2, 0.25) is 11.8 Å². The summed E-state index contributed by atoms with van der Waals surface area (Å²) >= 11 is 0. The topological polar surface area (TPSA) is 120 Å². The third kappa shape index (κ3) is 7.26. The molecule has 0 radical (unpaired) electrons. The second kappa shape index (κ2) is 11.8. The third-order valence-electron chi connectivity index (χ3n) is 4.77. The molecule has 2 aromatic heterocycles. The molecule has 0 fully saturated rings. The molecule has 0 aliphatic carbocycles. The summed E-state index contributed by atoms with van der Waals surface area (Å²) < 4.78 is 16.2. The van der Waals surface area contributed by atoms with Gasteiger partial charge in [-0.1, -0.05) is 6.07 Å². The molecule has 188 valence electrons. The van der Waals surface area contributed by atoms with Crippen molar-refractivity contribution in [3.8, 4) is 17.5 Å². The van der Waals surface area contributed by atoms with Crippen LogP contribution in [0.4, 0.5) is 5.82 Å². The Balaban J connectivity index is 1.79. The quantitative estimate of drug-likeness (QED) is 0.449. The van der Waals surface area contributed by atoms with E-state index in [0.29, 0.717) is 22.7 Å². The van der Waals surface area contributed by atoms with E-state index in [-0.39, 0.29) is 41.7 Å². The maximum atomic E-state index is 12.9. The van der Waals surface area contributed by atoms with Crippen molar-refractivity contribution in [1.29, 1.82) is 0 Å². The summed E-state index contributed by atoms with van der Waals surface area (Å²) in [6.07, 6.45) is 1.40. The largest absolute Gasteiger partial charge is 0.475 e. The van der Waals surface area contributed by atoms with Crippen molar-refractivity contribution in [1.82, 2.24) is 14.9 Å². The first-order chi connectivity index (χ1) is 17.1. The highest BCUT2D eigenvalue weighted by molar-refractivity contribution is 6.04. The second-order valence-corrected chi connectivity index (χ2v) is 8.28. The van der Waals surface area contributed by atoms with Crippen molar-refractivity contribution in [3.63, 3.8) is 0 Å². The van der Waals surface area contributed by atoms with Gasteiger partial charge in [0.15, 0.2) is 0 Å². The molecule has 2 amide bonds. The number of rotatable bonds is 9. The highest BCUT2D eigenvalue weighted by Crippen LogP contribution is 2.25. The number of nitrogens with one attached hydrogen (secondary N) is 1. The van der Waals surface area contributed by atoms with Gasteiger partial charge in [0.25, 0.3) is 11.8 Å². The summed E-state index contributed by atoms with van der Waals surface area (Å²) in [4.78, 5) is 46.4. The zero-order valence-electron chi connectivity index (χ0n) is 20.8. The number of methoxy groups -OCH3 is 1. The smallest absolute Gasteiger partial charge is 0.310 e. The number of amides is 2. The van der Waals surface area contributed by atoms with Gasteiger partial charge in [-0.25, -0.2) is 4.98 Å². The summed E-state index contributed by atoms with van der Waals surface area (Å²) in [5.41, 5.74) is 1.42. The first-order valence-electron chi connectivity index (χ1n) is 11.2. The molecule has 10 nitrogen and oxygen atoms in total. The molecular weight excluding hydrogens is 464 g/mol. The lowest BCUT2D eigenvalue weighted by Gasteiger charge is -2.14. The van der Waals surface area contributed by atoms with Crippen LogP contribution in [0.1, 0.15) is 40.1 Å². The van der Waals surface area contributed by atoms with E-state index in [1.807, 2.05) is 13.8 Å². The lowest BCUT2D eigenvalue weighted by Crippen LogP contribution is -2.21. The molecule has 0 aliphatic heterocycles. The molecule has 3 aromatic rings. The number of pyridine rings is 2. The van der Waals surface area contributed by atoms with Crippen LogP contribution in [0, 0.1) is 0 Å². The highest BCUT2D eigenvalue weighted by atomic mass is 16.5. The molecule has 36 heavy (non-hydrogen) atoms. The molecule has 0 unspecified atom stereocenters. The number of carbonyl (C=O) groups excluding carboxylic acids is 3. The average Bonchev–Trinajstić information content (AvgIpc) is 2.84. The van der Waals surface area contributed by atoms with E-state index in [2.05, 4.69) is 20.0 Å². The molecule has 0 aliphatic rings. The van der Waals surface area contributed by atoms with Crippen molar-refractivity contribution in [3.05, 3.63) is 71.4 Å². The zero-order valence-corrected chi connectivity index (χ0v) is 20.8. The Morgan fingerprint density at radius 1 is 0.972 bits per heavy atom. The lowest BCUT2D eigenvalue weighted by molar-refractivity contribution is -0.139. The zero-order chi connectivity index (χ0) is 26.2. The van der Waals surface area contributed by atoms with Crippen molar-refractivity contribution >= 4 is 23.6 Å². The summed E-state index contributed by atoms with van der Waals surface area (Å²) in [5.74, 6) is 0.150. The van der Waals surface area contributed by atoms with Gasteiger partial charge in [-0.3, -0.25) is 14.4 Å². The van der Waals surface area contributed by atoms with Crippen LogP contribution in [0.3, 0.4) is 0 Å². The number of benzene rings is 1. The van der Waals surface area contributed by atoms with Crippen LogP contribution in [0.25, 0.3) is 0 Å². The van der Waals surface area contributed by atoms with Gasteiger partial charge in [0.05, 0.1) is 25.2 Å². The Kier molecular flexibility index (Phi) is 8.56. The normalized spacial score (nSPS) is 10.5. The Bertz CT molecular complexity index is 1220. The fourth-order valence-corrected chi connectivity index (χ4v) is 3.04. The SMILES string of the molecule is COC(=O)Cc1ccc(NC(=O)c2cc(Oc3ccc(C(=O)N(C)C)cc3)nc(OC(C)C)c2)nc1. The van der Waals surface area contributed by atoms with Crippen LogP contribution in [-0.4, -0.2) is 60.0 Å². The van der Waals surface area contributed by atoms with E-state index in [0.717, 1.165) is 0 Å². The molecule has 10 heteroatoms. The van der Waals surface area contributed by atoms with Crippen LogP contribution in [0.2, 0.25) is 0 Å². The Labute approximate surface area is 209 Å². The van der Waals surface area contributed by atoms with Gasteiger partial charge in [0.1, 0.15) is 11.6 Å². The molecule has 0 bridgehead atoms. The van der Waals surface area contributed by atoms with Gasteiger partial charge >= 0.3 is 5.97 Å². The van der Waals surface area contributed by atoms with Crippen LogP contribution in [-0.2, 0) is 16.0 Å². The van der Waals surface area contributed by atoms with Crippen LogP contribution < -0.4 is 14.8 Å². The first kappa shape index (κ1) is 26.1. The average molecular weight is 493 g/mol. The third-order valence-corrected chi connectivity index (χ3v) is 4.77. The molecule has 0 saturated heterocycles. The first-order valence-corrected chi connectivity index (χ1v) is 11.2. The Morgan fingerprint density at radius 3 is 2.25 bits per heavy atom. The van der Waals surface area contributed by atoms with Gasteiger partial charge in [-0.05, 0) is 49.7 Å². The van der Waals surface area contributed by atoms with E-state index < -0.39 is 5.91 Å². The van der Waals surface area contributed by atoms with Crippen molar-refractivity contribution < 1.29 is 28.6 Å². The summed E-state index contributed by atoms with van der Waals surface area (Å²) in [6.45, 7) is 3.68. The minimum absolute atomic E-state index is 0.0863. The minimum atomic E-state index is -0.448. The van der Waals surface area contributed by atoms with Crippen molar-refractivity contribution in [2.24, 2.45) is 0 Å². The molecule has 3 rings (SSSR count). The van der Waals surface area contributed by atoms with E-state index in [1.165, 1.54) is 30.3 Å². The number of anilines is 1. The van der Waals surface area contributed by atoms with E-state index >= 15 is 0 Å². The molecule has 0 saturated carbocycles. The molecule has 1 N–H and O–H groups in total. The van der Waals surface area contributed by atoms with Gasteiger partial charge in [-0.15, -0.1) is 0 Å². The van der Waals surface area contributed by atoms with Gasteiger partial charge < -0.3 is 24.4 Å². The predicted octanol–water partition coefficient (Wildman–Crippen LogP) is 3.73. The van der Waals surface area contributed by atoms with Crippen molar-refractivity contribution in [2.75, 3.05) is 26.5 Å². The van der Waals surface area contributed by atoms with Gasteiger partial charge in [-0.2, -0.15) is 4.98 Å². The number of hydrogen-bond acceptors (Lipinski definition) is 8. The fourth-order valence-electron chi connectivity index (χ4n) is 3.04. The standard InChI is InChI=1S/C26H28N4O6/c1-16(2)35-22-13-19(25(32)28-21-11-6-17(15-27-21)12-24(31)34-5)14-23(29-22)36-20-9-7-18(8-10-20)26(33)30(3)4/h6-11,13-16H,12H2,1-5H3,(H,27,28,32).